The largest absolute Gasteiger partial charge is 0.379 e. The van der Waals surface area contributed by atoms with Crippen molar-refractivity contribution < 1.29 is 22.7 Å². The summed E-state index contributed by atoms with van der Waals surface area (Å²) in [6, 6.07) is 12.5. The number of sulfonamides is 1. The first-order chi connectivity index (χ1) is 15.2. The van der Waals surface area contributed by atoms with Crippen LogP contribution in [0.1, 0.15) is 29.8 Å². The van der Waals surface area contributed by atoms with Gasteiger partial charge in [0.25, 0.3) is 5.91 Å². The van der Waals surface area contributed by atoms with E-state index in [1.165, 1.54) is 28.6 Å². The number of carbonyl (C=O) groups is 2. The minimum Gasteiger partial charge on any atom is -0.379 e. The molecule has 9 heteroatoms. The summed E-state index contributed by atoms with van der Waals surface area (Å²) in [5.74, 6) is -1.02. The van der Waals surface area contributed by atoms with Crippen LogP contribution in [-0.2, 0) is 19.6 Å². The SMILES string of the molecule is Cc1ccccc1NC(=O)C(NC(=O)c1cccc(S(=O)(=O)N2CCOCC2)c1)C(C)C. The topological polar surface area (TPSA) is 105 Å². The zero-order valence-electron chi connectivity index (χ0n) is 18.5. The van der Waals surface area contributed by atoms with Gasteiger partial charge in [0.15, 0.2) is 0 Å². The molecule has 0 spiro atoms. The Hall–Kier alpha value is -2.75. The molecule has 2 amide bonds. The Kier molecular flexibility index (Phi) is 7.65. The maximum atomic E-state index is 12.9. The van der Waals surface area contributed by atoms with Gasteiger partial charge in [-0.1, -0.05) is 38.1 Å². The molecule has 1 atom stereocenters. The third-order valence-corrected chi connectivity index (χ3v) is 7.24. The highest BCUT2D eigenvalue weighted by molar-refractivity contribution is 7.89. The van der Waals surface area contributed by atoms with Gasteiger partial charge in [0.05, 0.1) is 18.1 Å². The first-order valence-electron chi connectivity index (χ1n) is 10.6. The molecule has 1 fully saturated rings. The number of benzene rings is 2. The van der Waals surface area contributed by atoms with Crippen LogP contribution in [0.25, 0.3) is 0 Å². The number of para-hydroxylation sites is 1. The maximum Gasteiger partial charge on any atom is 0.251 e. The van der Waals surface area contributed by atoms with Gasteiger partial charge in [0.1, 0.15) is 6.04 Å². The number of ether oxygens (including phenoxy) is 1. The lowest BCUT2D eigenvalue weighted by molar-refractivity contribution is -0.118. The fraction of sp³-hybridized carbons (Fsp3) is 0.391. The smallest absolute Gasteiger partial charge is 0.251 e. The number of anilines is 1. The zero-order chi connectivity index (χ0) is 23.3. The highest BCUT2D eigenvalue weighted by Crippen LogP contribution is 2.19. The molecule has 172 valence electrons. The summed E-state index contributed by atoms with van der Waals surface area (Å²) in [6.07, 6.45) is 0. The molecule has 3 rings (SSSR count). The molecule has 0 radical (unpaired) electrons. The highest BCUT2D eigenvalue weighted by atomic mass is 32.2. The Bertz CT molecular complexity index is 1080. The summed E-state index contributed by atoms with van der Waals surface area (Å²) in [7, 11) is -3.73. The van der Waals surface area contributed by atoms with Gasteiger partial charge >= 0.3 is 0 Å². The van der Waals surface area contributed by atoms with Gasteiger partial charge in [-0.3, -0.25) is 9.59 Å². The summed E-state index contributed by atoms with van der Waals surface area (Å²) in [5, 5.41) is 5.61. The second kappa shape index (κ2) is 10.2. The van der Waals surface area contributed by atoms with Gasteiger partial charge in [-0.2, -0.15) is 4.31 Å². The average molecular weight is 460 g/mol. The Labute approximate surface area is 189 Å². The molecule has 0 saturated carbocycles. The molecule has 2 aromatic carbocycles. The van der Waals surface area contributed by atoms with E-state index in [0.717, 1.165) is 5.56 Å². The van der Waals surface area contributed by atoms with E-state index in [1.54, 1.807) is 6.07 Å². The third-order valence-electron chi connectivity index (χ3n) is 5.34. The molecule has 0 bridgehead atoms. The quantitative estimate of drug-likeness (QED) is 0.662. The zero-order valence-corrected chi connectivity index (χ0v) is 19.3. The summed E-state index contributed by atoms with van der Waals surface area (Å²) < 4.78 is 32.4. The van der Waals surface area contributed by atoms with E-state index < -0.39 is 22.0 Å². The number of hydrogen-bond donors (Lipinski definition) is 2. The fourth-order valence-corrected chi connectivity index (χ4v) is 4.87. The monoisotopic (exact) mass is 459 g/mol. The number of rotatable bonds is 7. The highest BCUT2D eigenvalue weighted by Gasteiger charge is 2.28. The molecule has 1 aliphatic rings. The molecule has 1 saturated heterocycles. The molecule has 0 aliphatic carbocycles. The number of amides is 2. The normalized spacial score (nSPS) is 15.9. The number of morpholine rings is 1. The van der Waals surface area contributed by atoms with Crippen LogP contribution in [0.2, 0.25) is 0 Å². The molecule has 8 nitrogen and oxygen atoms in total. The summed E-state index contributed by atoms with van der Waals surface area (Å²) in [6.45, 7) is 6.78. The van der Waals surface area contributed by atoms with Gasteiger partial charge in [-0.15, -0.1) is 0 Å². The number of hydrogen-bond acceptors (Lipinski definition) is 5. The van der Waals surface area contributed by atoms with Crippen molar-refractivity contribution >= 4 is 27.5 Å². The molecule has 2 aromatic rings. The van der Waals surface area contributed by atoms with Crippen molar-refractivity contribution in [1.82, 2.24) is 9.62 Å². The fourth-order valence-electron chi connectivity index (χ4n) is 3.42. The molecule has 1 unspecified atom stereocenters. The van der Waals surface area contributed by atoms with Crippen molar-refractivity contribution in [3.8, 4) is 0 Å². The molecule has 2 N–H and O–H groups in total. The first kappa shape index (κ1) is 23.9. The van der Waals surface area contributed by atoms with Gasteiger partial charge < -0.3 is 15.4 Å². The number of nitrogens with one attached hydrogen (secondary N) is 2. The van der Waals surface area contributed by atoms with Crippen molar-refractivity contribution in [3.05, 3.63) is 59.7 Å². The van der Waals surface area contributed by atoms with Crippen molar-refractivity contribution in [1.29, 1.82) is 0 Å². The van der Waals surface area contributed by atoms with Crippen LogP contribution < -0.4 is 10.6 Å². The Balaban J connectivity index is 1.76. The van der Waals surface area contributed by atoms with Gasteiger partial charge in [0.2, 0.25) is 15.9 Å². The first-order valence-corrected chi connectivity index (χ1v) is 12.0. The second-order valence-electron chi connectivity index (χ2n) is 8.04. The van der Waals surface area contributed by atoms with Crippen molar-refractivity contribution in [2.75, 3.05) is 31.6 Å². The number of nitrogens with zero attached hydrogens (tertiary/aromatic N) is 1. The second-order valence-corrected chi connectivity index (χ2v) is 9.98. The van der Waals surface area contributed by atoms with Crippen molar-refractivity contribution in [2.45, 2.75) is 31.7 Å². The maximum absolute atomic E-state index is 12.9. The molecule has 0 aromatic heterocycles. The van der Waals surface area contributed by atoms with Crippen LogP contribution in [0.5, 0.6) is 0 Å². The predicted molar refractivity (Wildman–Crippen MR) is 122 cm³/mol. The van der Waals surface area contributed by atoms with E-state index >= 15 is 0 Å². The van der Waals surface area contributed by atoms with Crippen LogP contribution in [0.4, 0.5) is 5.69 Å². The Morgan fingerprint density at radius 2 is 1.72 bits per heavy atom. The van der Waals surface area contributed by atoms with Gasteiger partial charge in [-0.25, -0.2) is 8.42 Å². The Morgan fingerprint density at radius 1 is 1.03 bits per heavy atom. The Morgan fingerprint density at radius 3 is 2.38 bits per heavy atom. The minimum absolute atomic E-state index is 0.0394. The summed E-state index contributed by atoms with van der Waals surface area (Å²) in [4.78, 5) is 25.8. The van der Waals surface area contributed by atoms with E-state index in [4.69, 9.17) is 4.74 Å². The van der Waals surface area contributed by atoms with Crippen LogP contribution >= 0.6 is 0 Å². The van der Waals surface area contributed by atoms with Crippen LogP contribution in [-0.4, -0.2) is 56.9 Å². The van der Waals surface area contributed by atoms with E-state index in [0.29, 0.717) is 18.9 Å². The molecular weight excluding hydrogens is 430 g/mol. The van der Waals surface area contributed by atoms with Crippen molar-refractivity contribution in [3.63, 3.8) is 0 Å². The van der Waals surface area contributed by atoms with Crippen LogP contribution in [0.15, 0.2) is 53.4 Å². The van der Waals surface area contributed by atoms with E-state index in [-0.39, 0.29) is 35.4 Å². The number of carbonyl (C=O) groups excluding carboxylic acids is 2. The number of aryl methyl sites for hydroxylation is 1. The van der Waals surface area contributed by atoms with E-state index in [9.17, 15) is 18.0 Å². The van der Waals surface area contributed by atoms with Crippen LogP contribution in [0, 0.1) is 12.8 Å². The summed E-state index contributed by atoms with van der Waals surface area (Å²) >= 11 is 0. The van der Waals surface area contributed by atoms with Gasteiger partial charge in [-0.05, 0) is 42.7 Å². The van der Waals surface area contributed by atoms with Crippen molar-refractivity contribution in [2.24, 2.45) is 5.92 Å². The van der Waals surface area contributed by atoms with E-state index in [2.05, 4.69) is 10.6 Å². The van der Waals surface area contributed by atoms with Crippen LogP contribution in [0.3, 0.4) is 0 Å². The lowest BCUT2D eigenvalue weighted by Crippen LogP contribution is -2.47. The third kappa shape index (κ3) is 5.53. The minimum atomic E-state index is -3.73. The summed E-state index contributed by atoms with van der Waals surface area (Å²) in [5.41, 5.74) is 1.76. The predicted octanol–water partition coefficient (Wildman–Crippen LogP) is 2.41. The van der Waals surface area contributed by atoms with Gasteiger partial charge in [0, 0.05) is 24.3 Å². The molecular formula is C23H29N3O5S. The molecule has 1 aliphatic heterocycles. The molecule has 32 heavy (non-hydrogen) atoms. The molecule has 1 heterocycles. The lowest BCUT2D eigenvalue weighted by atomic mass is 10.0. The standard InChI is InChI=1S/C23H29N3O5S/c1-16(2)21(23(28)24-20-10-5-4-7-17(20)3)25-22(27)18-8-6-9-19(15-18)32(29,30)26-11-13-31-14-12-26/h4-10,15-16,21H,11-14H2,1-3H3,(H,24,28)(H,25,27). The average Bonchev–Trinajstić information content (AvgIpc) is 2.79. The van der Waals surface area contributed by atoms with E-state index in [1.807, 2.05) is 39.0 Å². The lowest BCUT2D eigenvalue weighted by Gasteiger charge is -2.26.